The number of aliphatic hydroxyl groups excluding tert-OH is 1. The number of aliphatic hydroxyl groups is 1. The number of hydrogen-bond acceptors (Lipinski definition) is 6. The summed E-state index contributed by atoms with van der Waals surface area (Å²) in [6.45, 7) is 6.29. The van der Waals surface area contributed by atoms with E-state index in [1.54, 1.807) is 7.11 Å². The lowest BCUT2D eigenvalue weighted by Gasteiger charge is -2.20. The Morgan fingerprint density at radius 3 is 2.70 bits per heavy atom. The van der Waals surface area contributed by atoms with Crippen LogP contribution in [0.5, 0.6) is 11.5 Å². The van der Waals surface area contributed by atoms with Crippen LogP contribution >= 0.6 is 0 Å². The highest BCUT2D eigenvalue weighted by atomic mass is 16.5. The minimum Gasteiger partial charge on any atom is -0.497 e. The Labute approximate surface area is 161 Å². The van der Waals surface area contributed by atoms with Gasteiger partial charge in [0.2, 0.25) is 0 Å². The Morgan fingerprint density at radius 2 is 2.00 bits per heavy atom. The van der Waals surface area contributed by atoms with E-state index in [1.165, 1.54) is 12.8 Å². The lowest BCUT2D eigenvalue weighted by molar-refractivity contribution is 0.0753. The summed E-state index contributed by atoms with van der Waals surface area (Å²) < 4.78 is 16.8. The monoisotopic (exact) mass is 374 g/mol. The van der Waals surface area contributed by atoms with Crippen molar-refractivity contribution in [2.45, 2.75) is 39.0 Å². The van der Waals surface area contributed by atoms with Crippen molar-refractivity contribution >= 4 is 0 Å². The van der Waals surface area contributed by atoms with Gasteiger partial charge < -0.3 is 29.2 Å². The molecule has 1 unspecified atom stereocenters. The van der Waals surface area contributed by atoms with Crippen molar-refractivity contribution in [1.82, 2.24) is 10.2 Å². The molecule has 1 aliphatic heterocycles. The van der Waals surface area contributed by atoms with Crippen LogP contribution in [0.15, 0.2) is 34.7 Å². The number of nitrogens with one attached hydrogen (secondary N) is 1. The Bertz CT molecular complexity index is 710. The molecule has 6 nitrogen and oxygen atoms in total. The van der Waals surface area contributed by atoms with Gasteiger partial charge in [0.1, 0.15) is 35.7 Å². The van der Waals surface area contributed by atoms with Crippen molar-refractivity contribution in [2.24, 2.45) is 0 Å². The van der Waals surface area contributed by atoms with E-state index in [9.17, 15) is 5.11 Å². The van der Waals surface area contributed by atoms with E-state index in [1.807, 2.05) is 37.3 Å². The predicted octanol–water partition coefficient (Wildman–Crippen LogP) is 2.72. The number of methoxy groups -OCH3 is 1. The molecule has 0 spiro atoms. The first kappa shape index (κ1) is 19.7. The number of likely N-dealkylation sites (tertiary alicyclic amines) is 1. The van der Waals surface area contributed by atoms with Crippen molar-refractivity contribution in [2.75, 3.05) is 33.4 Å². The fraction of sp³-hybridized carbons (Fsp3) is 0.524. The molecule has 3 rings (SSSR count). The largest absolute Gasteiger partial charge is 0.497 e. The van der Waals surface area contributed by atoms with Crippen molar-refractivity contribution < 1.29 is 19.0 Å². The van der Waals surface area contributed by atoms with Gasteiger partial charge in [0.05, 0.1) is 13.7 Å². The summed E-state index contributed by atoms with van der Waals surface area (Å²) >= 11 is 0. The van der Waals surface area contributed by atoms with Gasteiger partial charge in [0.15, 0.2) is 0 Å². The molecule has 0 bridgehead atoms. The molecule has 1 aromatic heterocycles. The number of furan rings is 1. The highest BCUT2D eigenvalue weighted by Crippen LogP contribution is 2.25. The molecule has 27 heavy (non-hydrogen) atoms. The summed E-state index contributed by atoms with van der Waals surface area (Å²) in [4.78, 5) is 2.29. The fourth-order valence-corrected chi connectivity index (χ4v) is 3.34. The van der Waals surface area contributed by atoms with E-state index in [0.29, 0.717) is 19.6 Å². The van der Waals surface area contributed by atoms with Crippen LogP contribution in [0.3, 0.4) is 0 Å². The van der Waals surface area contributed by atoms with Crippen molar-refractivity contribution in [3.63, 3.8) is 0 Å². The lowest BCUT2D eigenvalue weighted by Crippen LogP contribution is -2.33. The molecule has 148 valence electrons. The Morgan fingerprint density at radius 1 is 1.19 bits per heavy atom. The first-order valence-electron chi connectivity index (χ1n) is 9.60. The quantitative estimate of drug-likeness (QED) is 0.667. The maximum atomic E-state index is 10.3. The first-order chi connectivity index (χ1) is 13.1. The SMILES string of the molecule is COc1ccc(CNCc2ccc(C)o2)c(OCC(O)CN2CCCC2)c1. The van der Waals surface area contributed by atoms with Crippen LogP contribution in [0.2, 0.25) is 0 Å². The average Bonchev–Trinajstić information content (AvgIpc) is 3.32. The van der Waals surface area contributed by atoms with Gasteiger partial charge in [0.25, 0.3) is 0 Å². The summed E-state index contributed by atoms with van der Waals surface area (Å²) in [5, 5.41) is 13.7. The summed E-state index contributed by atoms with van der Waals surface area (Å²) in [6.07, 6.45) is 1.93. The molecule has 2 N–H and O–H groups in total. The molecule has 1 fully saturated rings. The number of benzene rings is 1. The number of β-amino-alcohol motifs (C(OH)–C–C–N with tert-alkyl or cyclic N) is 1. The number of ether oxygens (including phenoxy) is 2. The molecule has 0 aliphatic carbocycles. The first-order valence-corrected chi connectivity index (χ1v) is 9.60. The van der Waals surface area contributed by atoms with Gasteiger partial charge in [-0.3, -0.25) is 0 Å². The maximum absolute atomic E-state index is 10.3. The molecule has 1 saturated heterocycles. The van der Waals surface area contributed by atoms with E-state index in [4.69, 9.17) is 13.9 Å². The highest BCUT2D eigenvalue weighted by molar-refractivity contribution is 5.40. The Balaban J connectivity index is 1.54. The number of rotatable bonds is 10. The lowest BCUT2D eigenvalue weighted by atomic mass is 10.2. The maximum Gasteiger partial charge on any atom is 0.127 e. The standard InChI is InChI=1S/C21H30N2O4/c1-16-5-7-20(27-16)13-22-12-17-6-8-19(25-2)11-21(17)26-15-18(24)14-23-9-3-4-10-23/h5-8,11,18,22,24H,3-4,9-10,12-15H2,1-2H3. The van der Waals surface area contributed by atoms with Gasteiger partial charge in [0, 0.05) is 24.7 Å². The van der Waals surface area contributed by atoms with Crippen molar-refractivity contribution in [3.8, 4) is 11.5 Å². The molecule has 1 atom stereocenters. The van der Waals surface area contributed by atoms with Crippen LogP contribution in [-0.4, -0.2) is 49.5 Å². The molecule has 6 heteroatoms. The molecule has 2 heterocycles. The van der Waals surface area contributed by atoms with E-state index in [0.717, 1.165) is 41.7 Å². The van der Waals surface area contributed by atoms with E-state index in [-0.39, 0.29) is 6.61 Å². The van der Waals surface area contributed by atoms with E-state index >= 15 is 0 Å². The van der Waals surface area contributed by atoms with Crippen LogP contribution in [0, 0.1) is 6.92 Å². The van der Waals surface area contributed by atoms with Crippen LogP contribution in [-0.2, 0) is 13.1 Å². The van der Waals surface area contributed by atoms with E-state index in [2.05, 4.69) is 10.2 Å². The highest BCUT2D eigenvalue weighted by Gasteiger charge is 2.17. The second-order valence-electron chi connectivity index (χ2n) is 7.06. The second kappa shape index (κ2) is 9.78. The third-order valence-electron chi connectivity index (χ3n) is 4.78. The minimum absolute atomic E-state index is 0.272. The minimum atomic E-state index is -0.499. The molecule has 2 aromatic rings. The van der Waals surface area contributed by atoms with Gasteiger partial charge in [-0.2, -0.15) is 0 Å². The number of nitrogens with zero attached hydrogens (tertiary/aromatic N) is 1. The predicted molar refractivity (Wildman–Crippen MR) is 104 cm³/mol. The molecule has 0 radical (unpaired) electrons. The van der Waals surface area contributed by atoms with Crippen LogP contribution in [0.25, 0.3) is 0 Å². The number of hydrogen-bond donors (Lipinski definition) is 2. The molecule has 0 saturated carbocycles. The zero-order chi connectivity index (χ0) is 19.1. The van der Waals surface area contributed by atoms with Crippen molar-refractivity contribution in [1.29, 1.82) is 0 Å². The fourth-order valence-electron chi connectivity index (χ4n) is 3.34. The molecular formula is C21H30N2O4. The van der Waals surface area contributed by atoms with Crippen LogP contribution in [0.4, 0.5) is 0 Å². The molecular weight excluding hydrogens is 344 g/mol. The second-order valence-corrected chi connectivity index (χ2v) is 7.06. The normalized spacial score (nSPS) is 15.8. The third kappa shape index (κ3) is 5.99. The summed E-state index contributed by atoms with van der Waals surface area (Å²) in [7, 11) is 1.64. The third-order valence-corrected chi connectivity index (χ3v) is 4.78. The number of aryl methyl sites for hydroxylation is 1. The topological polar surface area (TPSA) is 67.1 Å². The Kier molecular flexibility index (Phi) is 7.15. The molecule has 1 aliphatic rings. The smallest absolute Gasteiger partial charge is 0.127 e. The van der Waals surface area contributed by atoms with Crippen molar-refractivity contribution in [3.05, 3.63) is 47.4 Å². The molecule has 0 amide bonds. The Hall–Kier alpha value is -2.02. The average molecular weight is 374 g/mol. The summed E-state index contributed by atoms with van der Waals surface area (Å²) in [6, 6.07) is 9.71. The van der Waals surface area contributed by atoms with Gasteiger partial charge in [-0.05, 0) is 51.1 Å². The molecule has 1 aromatic carbocycles. The zero-order valence-electron chi connectivity index (χ0n) is 16.2. The van der Waals surface area contributed by atoms with Gasteiger partial charge >= 0.3 is 0 Å². The van der Waals surface area contributed by atoms with Gasteiger partial charge in [-0.15, -0.1) is 0 Å². The zero-order valence-corrected chi connectivity index (χ0v) is 16.2. The van der Waals surface area contributed by atoms with Gasteiger partial charge in [-0.1, -0.05) is 6.07 Å². The van der Waals surface area contributed by atoms with Crippen LogP contribution < -0.4 is 14.8 Å². The van der Waals surface area contributed by atoms with Gasteiger partial charge in [-0.25, -0.2) is 0 Å². The van der Waals surface area contributed by atoms with E-state index < -0.39 is 6.10 Å². The summed E-state index contributed by atoms with van der Waals surface area (Å²) in [5.74, 6) is 3.29. The van der Waals surface area contributed by atoms with Crippen LogP contribution in [0.1, 0.15) is 29.9 Å². The summed E-state index contributed by atoms with van der Waals surface area (Å²) in [5.41, 5.74) is 1.02.